The Balaban J connectivity index is 1.45. The van der Waals surface area contributed by atoms with Crippen LogP contribution in [0.1, 0.15) is 38.9 Å². The van der Waals surface area contributed by atoms with Gasteiger partial charge in [-0.3, -0.25) is 14.7 Å². The molecule has 0 saturated carbocycles. The maximum absolute atomic E-state index is 13.7. The van der Waals surface area contributed by atoms with Crippen LogP contribution in [0.5, 0.6) is 0 Å². The van der Waals surface area contributed by atoms with Crippen LogP contribution in [-0.4, -0.2) is 69.2 Å². The second-order valence-corrected chi connectivity index (χ2v) is 8.01. The van der Waals surface area contributed by atoms with Gasteiger partial charge in [0.2, 0.25) is 0 Å². The standard InChI is InChI=1S/C24H24F3N5O3/c1-2-35-23(34)20-15-29-32(21(20)24(25,26)27)19-7-5-18(6-8-19)22(33)31-12-10-30(11-13-31)16-17-4-3-9-28-14-17/h3-9,14-15H,2,10-13,16H2,1H3. The predicted molar refractivity (Wildman–Crippen MR) is 120 cm³/mol. The average Bonchev–Trinajstić information content (AvgIpc) is 3.31. The van der Waals surface area contributed by atoms with Gasteiger partial charge in [-0.1, -0.05) is 6.07 Å². The summed E-state index contributed by atoms with van der Waals surface area (Å²) in [6.07, 6.45) is -0.451. The SMILES string of the molecule is CCOC(=O)c1cnn(-c2ccc(C(=O)N3CCN(Cc4cccnc4)CC3)cc2)c1C(F)(F)F. The minimum Gasteiger partial charge on any atom is -0.462 e. The summed E-state index contributed by atoms with van der Waals surface area (Å²) in [4.78, 5) is 33.0. The highest BCUT2D eigenvalue weighted by Gasteiger charge is 2.41. The monoisotopic (exact) mass is 487 g/mol. The predicted octanol–water partition coefficient (Wildman–Crippen LogP) is 3.42. The molecule has 1 saturated heterocycles. The van der Waals surface area contributed by atoms with Crippen molar-refractivity contribution < 1.29 is 27.5 Å². The van der Waals surface area contributed by atoms with Gasteiger partial charge in [-0.05, 0) is 42.8 Å². The first-order valence-corrected chi connectivity index (χ1v) is 11.1. The van der Waals surface area contributed by atoms with Gasteiger partial charge in [0, 0.05) is 50.7 Å². The Hall–Kier alpha value is -3.73. The molecule has 0 radical (unpaired) electrons. The van der Waals surface area contributed by atoms with Crippen LogP contribution in [0.2, 0.25) is 0 Å². The van der Waals surface area contributed by atoms with E-state index in [0.29, 0.717) is 36.4 Å². The van der Waals surface area contributed by atoms with Crippen LogP contribution in [0.25, 0.3) is 5.69 Å². The summed E-state index contributed by atoms with van der Waals surface area (Å²) in [6, 6.07) is 9.58. The molecule has 0 atom stereocenters. The lowest BCUT2D eigenvalue weighted by molar-refractivity contribution is -0.143. The van der Waals surface area contributed by atoms with Crippen LogP contribution in [0.15, 0.2) is 55.0 Å². The molecule has 3 aromatic rings. The number of aromatic nitrogens is 3. The molecule has 1 aromatic carbocycles. The molecule has 184 valence electrons. The molecular formula is C24H24F3N5O3. The molecule has 0 aliphatic carbocycles. The molecule has 1 fully saturated rings. The number of ether oxygens (including phenoxy) is 1. The maximum atomic E-state index is 13.7. The van der Waals surface area contributed by atoms with Crippen molar-refractivity contribution in [1.82, 2.24) is 24.6 Å². The zero-order valence-corrected chi connectivity index (χ0v) is 19.0. The minimum atomic E-state index is -4.83. The Morgan fingerprint density at radius 3 is 2.34 bits per heavy atom. The van der Waals surface area contributed by atoms with E-state index in [-0.39, 0.29) is 18.2 Å². The Morgan fingerprint density at radius 2 is 1.74 bits per heavy atom. The van der Waals surface area contributed by atoms with Crippen LogP contribution >= 0.6 is 0 Å². The fourth-order valence-electron chi connectivity index (χ4n) is 3.96. The van der Waals surface area contributed by atoms with Crippen LogP contribution in [0.3, 0.4) is 0 Å². The third kappa shape index (κ3) is 5.51. The Morgan fingerprint density at radius 1 is 1.03 bits per heavy atom. The summed E-state index contributed by atoms with van der Waals surface area (Å²) in [5.74, 6) is -1.29. The lowest BCUT2D eigenvalue weighted by Gasteiger charge is -2.34. The van der Waals surface area contributed by atoms with Crippen molar-refractivity contribution in [2.24, 2.45) is 0 Å². The second kappa shape index (κ2) is 10.3. The van der Waals surface area contributed by atoms with E-state index < -0.39 is 23.4 Å². The molecule has 3 heterocycles. The van der Waals surface area contributed by atoms with E-state index in [1.807, 2.05) is 18.3 Å². The number of hydrogen-bond acceptors (Lipinski definition) is 6. The van der Waals surface area contributed by atoms with E-state index in [4.69, 9.17) is 4.74 Å². The van der Waals surface area contributed by atoms with Crippen LogP contribution in [0.4, 0.5) is 13.2 Å². The number of carbonyl (C=O) groups excluding carboxylic acids is 2. The number of piperazine rings is 1. The molecule has 4 rings (SSSR count). The number of carbonyl (C=O) groups is 2. The largest absolute Gasteiger partial charge is 0.462 e. The van der Waals surface area contributed by atoms with Crippen LogP contribution in [-0.2, 0) is 17.5 Å². The molecule has 11 heteroatoms. The number of benzene rings is 1. The van der Waals surface area contributed by atoms with Gasteiger partial charge in [0.15, 0.2) is 5.69 Å². The smallest absolute Gasteiger partial charge is 0.434 e. The first kappa shape index (κ1) is 24.4. The van der Waals surface area contributed by atoms with Crippen molar-refractivity contribution in [1.29, 1.82) is 0 Å². The quantitative estimate of drug-likeness (QED) is 0.496. The normalized spacial score (nSPS) is 14.7. The fourth-order valence-corrected chi connectivity index (χ4v) is 3.96. The highest BCUT2D eigenvalue weighted by molar-refractivity contribution is 5.94. The van der Waals surface area contributed by atoms with Crippen molar-refractivity contribution >= 4 is 11.9 Å². The zero-order valence-electron chi connectivity index (χ0n) is 19.0. The number of nitrogens with zero attached hydrogens (tertiary/aromatic N) is 5. The minimum absolute atomic E-state index is 0.0597. The van der Waals surface area contributed by atoms with Crippen molar-refractivity contribution in [2.75, 3.05) is 32.8 Å². The average molecular weight is 487 g/mol. The Kier molecular flexibility index (Phi) is 7.15. The number of hydrogen-bond donors (Lipinski definition) is 0. The number of amides is 1. The Bertz CT molecular complexity index is 1170. The van der Waals surface area contributed by atoms with Gasteiger partial charge in [0.05, 0.1) is 18.5 Å². The highest BCUT2D eigenvalue weighted by atomic mass is 19.4. The van der Waals surface area contributed by atoms with E-state index in [2.05, 4.69) is 15.0 Å². The fraction of sp³-hybridized carbons (Fsp3) is 0.333. The molecule has 2 aromatic heterocycles. The highest BCUT2D eigenvalue weighted by Crippen LogP contribution is 2.34. The van der Waals surface area contributed by atoms with Gasteiger partial charge in [-0.15, -0.1) is 0 Å². The first-order valence-electron chi connectivity index (χ1n) is 11.1. The molecule has 1 amide bonds. The van der Waals surface area contributed by atoms with E-state index >= 15 is 0 Å². The number of alkyl halides is 3. The number of rotatable bonds is 6. The molecule has 1 aliphatic rings. The molecule has 8 nitrogen and oxygen atoms in total. The Labute approximate surface area is 199 Å². The van der Waals surface area contributed by atoms with Gasteiger partial charge in [0.25, 0.3) is 5.91 Å². The van der Waals surface area contributed by atoms with Gasteiger partial charge in [-0.25, -0.2) is 9.48 Å². The first-order chi connectivity index (χ1) is 16.8. The van der Waals surface area contributed by atoms with E-state index in [0.717, 1.165) is 18.3 Å². The summed E-state index contributed by atoms with van der Waals surface area (Å²) in [5, 5.41) is 3.75. The van der Waals surface area contributed by atoms with Crippen LogP contribution in [0, 0.1) is 0 Å². The van der Waals surface area contributed by atoms with Gasteiger partial charge in [0.1, 0.15) is 5.56 Å². The summed E-state index contributed by atoms with van der Waals surface area (Å²) in [6.45, 7) is 4.70. The third-order valence-electron chi connectivity index (χ3n) is 5.68. The summed E-state index contributed by atoms with van der Waals surface area (Å²) in [5.41, 5.74) is -0.347. The number of esters is 1. The lowest BCUT2D eigenvalue weighted by atomic mass is 10.1. The molecule has 0 spiro atoms. The topological polar surface area (TPSA) is 80.6 Å². The van der Waals surface area contributed by atoms with Gasteiger partial charge < -0.3 is 9.64 Å². The molecular weight excluding hydrogens is 463 g/mol. The molecule has 0 unspecified atom stereocenters. The van der Waals surface area contributed by atoms with Crippen molar-refractivity contribution in [3.05, 3.63) is 77.4 Å². The van der Waals surface area contributed by atoms with Gasteiger partial charge >= 0.3 is 12.1 Å². The third-order valence-corrected chi connectivity index (χ3v) is 5.68. The van der Waals surface area contributed by atoms with E-state index in [1.54, 1.807) is 11.1 Å². The van der Waals surface area contributed by atoms with E-state index in [1.165, 1.54) is 31.2 Å². The number of pyridine rings is 1. The summed E-state index contributed by atoms with van der Waals surface area (Å²) in [7, 11) is 0. The summed E-state index contributed by atoms with van der Waals surface area (Å²) < 4.78 is 46.5. The zero-order chi connectivity index (χ0) is 25.0. The second-order valence-electron chi connectivity index (χ2n) is 8.01. The molecule has 0 N–H and O–H groups in total. The van der Waals surface area contributed by atoms with Gasteiger partial charge in [-0.2, -0.15) is 18.3 Å². The maximum Gasteiger partial charge on any atom is 0.434 e. The van der Waals surface area contributed by atoms with Crippen LogP contribution < -0.4 is 0 Å². The summed E-state index contributed by atoms with van der Waals surface area (Å²) >= 11 is 0. The van der Waals surface area contributed by atoms with Crippen molar-refractivity contribution in [2.45, 2.75) is 19.6 Å². The van der Waals surface area contributed by atoms with E-state index in [9.17, 15) is 22.8 Å². The molecule has 0 bridgehead atoms. The van der Waals surface area contributed by atoms with Crippen molar-refractivity contribution in [3.63, 3.8) is 0 Å². The molecule has 35 heavy (non-hydrogen) atoms. The number of halogens is 3. The van der Waals surface area contributed by atoms with Crippen molar-refractivity contribution in [3.8, 4) is 5.69 Å². The lowest BCUT2D eigenvalue weighted by Crippen LogP contribution is -2.48. The molecule has 1 aliphatic heterocycles.